The van der Waals surface area contributed by atoms with Crippen LogP contribution in [-0.4, -0.2) is 26.4 Å². The van der Waals surface area contributed by atoms with Gasteiger partial charge in [-0.2, -0.15) is 0 Å². The number of methoxy groups -OCH3 is 1. The summed E-state index contributed by atoms with van der Waals surface area (Å²) < 4.78 is 10.9. The second-order valence-electron chi connectivity index (χ2n) is 4.72. The lowest BCUT2D eigenvalue weighted by Gasteiger charge is -2.19. The van der Waals surface area contributed by atoms with E-state index in [1.807, 2.05) is 18.2 Å². The predicted molar refractivity (Wildman–Crippen MR) is 80.8 cm³/mol. The molecule has 1 aromatic rings. The minimum absolute atomic E-state index is 0.302. The molecule has 4 nitrogen and oxygen atoms in total. The van der Waals surface area contributed by atoms with Gasteiger partial charge in [0, 0.05) is 36.7 Å². The first-order valence-corrected chi connectivity index (χ1v) is 6.98. The van der Waals surface area contributed by atoms with Crippen LogP contribution in [0.3, 0.4) is 0 Å². The van der Waals surface area contributed by atoms with E-state index in [1.165, 1.54) is 0 Å². The van der Waals surface area contributed by atoms with Gasteiger partial charge in [-0.25, -0.2) is 0 Å². The lowest BCUT2D eigenvalue weighted by molar-refractivity contribution is 0.182. The third-order valence-corrected chi connectivity index (χ3v) is 2.78. The van der Waals surface area contributed by atoms with Crippen LogP contribution < -0.4 is 15.8 Å². The van der Waals surface area contributed by atoms with E-state index in [1.54, 1.807) is 7.11 Å². The quantitative estimate of drug-likeness (QED) is 0.673. The summed E-state index contributed by atoms with van der Waals surface area (Å²) in [7, 11) is 1.72. The molecule has 0 spiro atoms. The first kappa shape index (κ1) is 15.6. The highest BCUT2D eigenvalue weighted by Gasteiger charge is 2.08. The van der Waals surface area contributed by atoms with Gasteiger partial charge in [-0.15, -0.1) is 0 Å². The van der Waals surface area contributed by atoms with Crippen LogP contribution in [0.4, 0.5) is 11.4 Å². The molecule has 3 N–H and O–H groups in total. The summed E-state index contributed by atoms with van der Waals surface area (Å²) in [6.07, 6.45) is 3.16. The highest BCUT2D eigenvalue weighted by atomic mass is 16.5. The van der Waals surface area contributed by atoms with Crippen molar-refractivity contribution in [1.82, 2.24) is 0 Å². The molecule has 0 fully saturated rings. The third kappa shape index (κ3) is 5.83. The predicted octanol–water partition coefficient (Wildman–Crippen LogP) is 3.28. The molecule has 0 aliphatic rings. The Morgan fingerprint density at radius 2 is 2.00 bits per heavy atom. The molecular weight excluding hydrogens is 240 g/mol. The Hall–Kier alpha value is -1.42. The fraction of sp³-hybridized carbons (Fsp3) is 0.600. The summed E-state index contributed by atoms with van der Waals surface area (Å²) in [6.45, 7) is 5.65. The number of nitrogen functional groups attached to an aromatic ring is 1. The fourth-order valence-electron chi connectivity index (χ4n) is 1.99. The Labute approximate surface area is 116 Å². The van der Waals surface area contributed by atoms with E-state index in [0.717, 1.165) is 30.7 Å². The van der Waals surface area contributed by atoms with Gasteiger partial charge < -0.3 is 20.5 Å². The van der Waals surface area contributed by atoms with E-state index in [9.17, 15) is 0 Å². The van der Waals surface area contributed by atoms with Crippen LogP contribution in [0.25, 0.3) is 0 Å². The molecule has 0 bridgehead atoms. The smallest absolute Gasteiger partial charge is 0.123 e. The topological polar surface area (TPSA) is 56.5 Å². The molecule has 0 saturated heterocycles. The van der Waals surface area contributed by atoms with Gasteiger partial charge in [0.15, 0.2) is 0 Å². The van der Waals surface area contributed by atoms with Gasteiger partial charge in [0.25, 0.3) is 0 Å². The average Bonchev–Trinajstić information content (AvgIpc) is 2.36. The minimum Gasteiger partial charge on any atom is -0.493 e. The number of nitrogens with two attached hydrogens (primary N) is 1. The zero-order chi connectivity index (χ0) is 14.1. The van der Waals surface area contributed by atoms with Crippen molar-refractivity contribution in [2.45, 2.75) is 39.2 Å². The van der Waals surface area contributed by atoms with E-state index in [4.69, 9.17) is 15.2 Å². The summed E-state index contributed by atoms with van der Waals surface area (Å²) in [4.78, 5) is 0. The highest BCUT2D eigenvalue weighted by molar-refractivity contribution is 5.59. The molecule has 0 aromatic heterocycles. The molecular formula is C15H26N2O2. The molecule has 4 heteroatoms. The maximum absolute atomic E-state index is 5.90. The van der Waals surface area contributed by atoms with Crippen molar-refractivity contribution in [3.63, 3.8) is 0 Å². The van der Waals surface area contributed by atoms with Gasteiger partial charge in [0.2, 0.25) is 0 Å². The summed E-state index contributed by atoms with van der Waals surface area (Å²) in [5, 5.41) is 3.45. The van der Waals surface area contributed by atoms with Gasteiger partial charge in [-0.05, 0) is 18.9 Å². The maximum Gasteiger partial charge on any atom is 0.123 e. The molecule has 1 unspecified atom stereocenters. The third-order valence-electron chi connectivity index (χ3n) is 2.78. The maximum atomic E-state index is 5.90. The Bertz CT molecular complexity index is 363. The number of nitrogens with one attached hydrogen (secondary N) is 1. The molecule has 0 aliphatic heterocycles. The van der Waals surface area contributed by atoms with Crippen LogP contribution in [0, 0.1) is 0 Å². The number of ether oxygens (including phenoxy) is 2. The monoisotopic (exact) mass is 266 g/mol. The van der Waals surface area contributed by atoms with Gasteiger partial charge in [-0.1, -0.05) is 20.3 Å². The van der Waals surface area contributed by atoms with E-state index < -0.39 is 0 Å². The Morgan fingerprint density at radius 1 is 1.21 bits per heavy atom. The van der Waals surface area contributed by atoms with E-state index in [2.05, 4.69) is 19.2 Å². The minimum atomic E-state index is 0.302. The number of rotatable bonds is 9. The molecule has 108 valence electrons. The van der Waals surface area contributed by atoms with Crippen molar-refractivity contribution in [2.24, 2.45) is 0 Å². The summed E-state index contributed by atoms with van der Waals surface area (Å²) in [6, 6.07) is 6.07. The molecule has 1 rings (SSSR count). The van der Waals surface area contributed by atoms with E-state index in [-0.39, 0.29) is 0 Å². The second kappa shape index (κ2) is 8.64. The van der Waals surface area contributed by atoms with Crippen LogP contribution >= 0.6 is 0 Å². The first-order valence-electron chi connectivity index (χ1n) is 6.98. The number of hydrogen-bond acceptors (Lipinski definition) is 4. The Kier molecular flexibility index (Phi) is 7.11. The van der Waals surface area contributed by atoms with E-state index in [0.29, 0.717) is 24.9 Å². The van der Waals surface area contributed by atoms with Gasteiger partial charge >= 0.3 is 0 Å². The normalized spacial score (nSPS) is 12.2. The lowest BCUT2D eigenvalue weighted by Crippen LogP contribution is -2.24. The van der Waals surface area contributed by atoms with Gasteiger partial charge in [-0.3, -0.25) is 0 Å². The SMILES string of the molecule is CCCOc1cc(N)cc(NC(CCC)COC)c1. The van der Waals surface area contributed by atoms with Crippen molar-refractivity contribution < 1.29 is 9.47 Å². The molecule has 0 heterocycles. The average molecular weight is 266 g/mol. The largest absolute Gasteiger partial charge is 0.493 e. The molecule has 0 aliphatic carbocycles. The fourth-order valence-corrected chi connectivity index (χ4v) is 1.99. The molecule has 0 radical (unpaired) electrons. The van der Waals surface area contributed by atoms with E-state index >= 15 is 0 Å². The summed E-state index contributed by atoms with van der Waals surface area (Å²) >= 11 is 0. The number of benzene rings is 1. The highest BCUT2D eigenvalue weighted by Crippen LogP contribution is 2.24. The Morgan fingerprint density at radius 3 is 2.63 bits per heavy atom. The van der Waals surface area contributed by atoms with Crippen molar-refractivity contribution in [3.05, 3.63) is 18.2 Å². The van der Waals surface area contributed by atoms with Crippen molar-refractivity contribution in [3.8, 4) is 5.75 Å². The van der Waals surface area contributed by atoms with Gasteiger partial charge in [0.05, 0.1) is 13.2 Å². The van der Waals surface area contributed by atoms with Crippen LogP contribution in [0.15, 0.2) is 18.2 Å². The summed E-state index contributed by atoms with van der Waals surface area (Å²) in [5.74, 6) is 0.817. The van der Waals surface area contributed by atoms with Crippen molar-refractivity contribution >= 4 is 11.4 Å². The zero-order valence-electron chi connectivity index (χ0n) is 12.2. The van der Waals surface area contributed by atoms with Crippen molar-refractivity contribution in [2.75, 3.05) is 31.4 Å². The van der Waals surface area contributed by atoms with Crippen molar-refractivity contribution in [1.29, 1.82) is 0 Å². The standard InChI is InChI=1S/C15H26N2O2/c1-4-6-13(11-18-3)17-14-8-12(16)9-15(10-14)19-7-5-2/h8-10,13,17H,4-7,11,16H2,1-3H3. The zero-order valence-corrected chi connectivity index (χ0v) is 12.2. The Balaban J connectivity index is 2.72. The molecule has 1 aromatic carbocycles. The van der Waals surface area contributed by atoms with Crippen LogP contribution in [0.5, 0.6) is 5.75 Å². The number of anilines is 2. The molecule has 19 heavy (non-hydrogen) atoms. The lowest BCUT2D eigenvalue weighted by atomic mass is 10.1. The molecule has 0 amide bonds. The first-order chi connectivity index (χ1) is 9.19. The summed E-state index contributed by atoms with van der Waals surface area (Å²) in [5.41, 5.74) is 7.60. The second-order valence-corrected chi connectivity index (χ2v) is 4.72. The van der Waals surface area contributed by atoms with Crippen LogP contribution in [0.2, 0.25) is 0 Å². The van der Waals surface area contributed by atoms with Crippen LogP contribution in [-0.2, 0) is 4.74 Å². The molecule has 0 saturated carbocycles. The number of hydrogen-bond donors (Lipinski definition) is 2. The molecule has 1 atom stereocenters. The van der Waals surface area contributed by atoms with Crippen LogP contribution in [0.1, 0.15) is 33.1 Å². The van der Waals surface area contributed by atoms with Gasteiger partial charge in [0.1, 0.15) is 5.75 Å².